The Kier molecular flexibility index (Phi) is 2.25. The molecule has 3 nitrogen and oxygen atoms in total. The molecule has 0 amide bonds. The molecule has 0 radical (unpaired) electrons. The first-order valence-corrected chi connectivity index (χ1v) is 4.97. The maximum atomic E-state index is 5.68. The number of hydrogen-bond donors (Lipinski definition) is 0. The van der Waals surface area contributed by atoms with Crippen molar-refractivity contribution < 1.29 is 4.74 Å². The first-order valence-electron chi connectivity index (χ1n) is 4.97. The van der Waals surface area contributed by atoms with Crippen LogP contribution in [0.15, 0.2) is 6.20 Å². The Morgan fingerprint density at radius 3 is 3.08 bits per heavy atom. The van der Waals surface area contributed by atoms with Crippen molar-refractivity contribution in [3.05, 3.63) is 11.8 Å². The Morgan fingerprint density at radius 2 is 2.31 bits per heavy atom. The molecular formula is C10H16N2O. The van der Waals surface area contributed by atoms with Crippen molar-refractivity contribution in [2.75, 3.05) is 6.61 Å². The first-order chi connectivity index (χ1) is 6.29. The van der Waals surface area contributed by atoms with Gasteiger partial charge in [-0.15, -0.1) is 0 Å². The second-order valence-electron chi connectivity index (χ2n) is 3.84. The lowest BCUT2D eigenvalue weighted by atomic mass is 10.1. The van der Waals surface area contributed by atoms with Gasteiger partial charge >= 0.3 is 0 Å². The van der Waals surface area contributed by atoms with Crippen molar-refractivity contribution in [2.45, 2.75) is 39.2 Å². The zero-order valence-corrected chi connectivity index (χ0v) is 8.29. The molecule has 0 saturated carbocycles. The molecule has 0 aliphatic carbocycles. The maximum absolute atomic E-state index is 5.68. The van der Waals surface area contributed by atoms with E-state index in [1.165, 1.54) is 12.0 Å². The molecule has 13 heavy (non-hydrogen) atoms. The summed E-state index contributed by atoms with van der Waals surface area (Å²) < 4.78 is 7.67. The predicted molar refractivity (Wildman–Crippen MR) is 51.0 cm³/mol. The molecule has 0 bridgehead atoms. The Bertz CT molecular complexity index is 291. The molecule has 0 fully saturated rings. The zero-order chi connectivity index (χ0) is 9.26. The fourth-order valence-corrected chi connectivity index (χ4v) is 1.63. The summed E-state index contributed by atoms with van der Waals surface area (Å²) in [5.74, 6) is 1.49. The van der Waals surface area contributed by atoms with Crippen LogP contribution >= 0.6 is 0 Å². The maximum Gasteiger partial charge on any atom is 0.215 e. The number of aryl methyl sites for hydroxylation is 1. The fourth-order valence-electron chi connectivity index (χ4n) is 1.63. The highest BCUT2D eigenvalue weighted by Crippen LogP contribution is 2.27. The minimum atomic E-state index is 0.502. The lowest BCUT2D eigenvalue weighted by molar-refractivity contribution is 0.299. The van der Waals surface area contributed by atoms with Crippen LogP contribution in [0.1, 0.15) is 38.2 Å². The number of ether oxygens (including phenoxy) is 1. The van der Waals surface area contributed by atoms with Crippen LogP contribution in [-0.4, -0.2) is 16.4 Å². The van der Waals surface area contributed by atoms with E-state index in [0.717, 1.165) is 25.5 Å². The van der Waals surface area contributed by atoms with Crippen molar-refractivity contribution in [3.63, 3.8) is 0 Å². The molecule has 1 aliphatic rings. The quantitative estimate of drug-likeness (QED) is 0.662. The molecule has 2 rings (SSSR count). The van der Waals surface area contributed by atoms with Gasteiger partial charge in [0.2, 0.25) is 5.88 Å². The van der Waals surface area contributed by atoms with Crippen molar-refractivity contribution in [1.29, 1.82) is 0 Å². The topological polar surface area (TPSA) is 27.1 Å². The average Bonchev–Trinajstić information content (AvgIpc) is 2.36. The number of rotatable bonds is 1. The second-order valence-corrected chi connectivity index (χ2v) is 3.84. The van der Waals surface area contributed by atoms with Gasteiger partial charge in [0.25, 0.3) is 0 Å². The number of hydrogen-bond acceptors (Lipinski definition) is 2. The van der Waals surface area contributed by atoms with Gasteiger partial charge in [0.05, 0.1) is 12.8 Å². The first kappa shape index (κ1) is 8.60. The van der Waals surface area contributed by atoms with Gasteiger partial charge in [-0.25, -0.2) is 4.68 Å². The van der Waals surface area contributed by atoms with E-state index in [1.807, 2.05) is 10.9 Å². The van der Waals surface area contributed by atoms with E-state index in [1.54, 1.807) is 0 Å². The smallest absolute Gasteiger partial charge is 0.215 e. The normalized spacial score (nSPS) is 16.5. The lowest BCUT2D eigenvalue weighted by Crippen LogP contribution is -2.01. The molecular weight excluding hydrogens is 164 g/mol. The third-order valence-corrected chi connectivity index (χ3v) is 2.44. The zero-order valence-electron chi connectivity index (χ0n) is 8.29. The van der Waals surface area contributed by atoms with E-state index in [0.29, 0.717) is 5.92 Å². The van der Waals surface area contributed by atoms with Crippen LogP contribution in [0.25, 0.3) is 0 Å². The van der Waals surface area contributed by atoms with E-state index in [9.17, 15) is 0 Å². The van der Waals surface area contributed by atoms with E-state index in [2.05, 4.69) is 18.9 Å². The van der Waals surface area contributed by atoms with E-state index < -0.39 is 0 Å². The third kappa shape index (κ3) is 1.55. The summed E-state index contributed by atoms with van der Waals surface area (Å²) in [5, 5.41) is 4.33. The fraction of sp³-hybridized carbons (Fsp3) is 0.700. The summed E-state index contributed by atoms with van der Waals surface area (Å²) in [7, 11) is 0. The van der Waals surface area contributed by atoms with Gasteiger partial charge in [-0.1, -0.05) is 13.8 Å². The van der Waals surface area contributed by atoms with Gasteiger partial charge in [0.1, 0.15) is 0 Å². The van der Waals surface area contributed by atoms with Crippen LogP contribution < -0.4 is 4.74 Å². The van der Waals surface area contributed by atoms with Crippen LogP contribution in [0, 0.1) is 0 Å². The third-order valence-electron chi connectivity index (χ3n) is 2.44. The summed E-state index contributed by atoms with van der Waals surface area (Å²) in [6, 6.07) is 0. The van der Waals surface area contributed by atoms with E-state index in [4.69, 9.17) is 4.74 Å². The molecule has 1 aliphatic heterocycles. The number of nitrogens with zero attached hydrogens (tertiary/aromatic N) is 2. The Hall–Kier alpha value is -0.990. The van der Waals surface area contributed by atoms with Gasteiger partial charge in [-0.05, 0) is 18.8 Å². The van der Waals surface area contributed by atoms with Crippen molar-refractivity contribution in [3.8, 4) is 5.88 Å². The average molecular weight is 180 g/mol. The van der Waals surface area contributed by atoms with Crippen LogP contribution in [0.5, 0.6) is 5.88 Å². The second kappa shape index (κ2) is 3.40. The molecule has 0 unspecified atom stereocenters. The molecule has 0 aromatic carbocycles. The predicted octanol–water partition coefficient (Wildman–Crippen LogP) is 2.18. The van der Waals surface area contributed by atoms with Crippen molar-refractivity contribution >= 4 is 0 Å². The Morgan fingerprint density at radius 1 is 1.46 bits per heavy atom. The lowest BCUT2D eigenvalue weighted by Gasteiger charge is -2.08. The molecule has 3 heteroatoms. The van der Waals surface area contributed by atoms with Crippen LogP contribution in [0.3, 0.4) is 0 Å². The van der Waals surface area contributed by atoms with Crippen LogP contribution in [-0.2, 0) is 6.54 Å². The summed E-state index contributed by atoms with van der Waals surface area (Å²) in [6.07, 6.45) is 4.25. The van der Waals surface area contributed by atoms with Gasteiger partial charge < -0.3 is 4.74 Å². The van der Waals surface area contributed by atoms with Crippen LogP contribution in [0.4, 0.5) is 0 Å². The van der Waals surface area contributed by atoms with Crippen LogP contribution in [0.2, 0.25) is 0 Å². The minimum Gasteiger partial charge on any atom is -0.478 e. The van der Waals surface area contributed by atoms with E-state index in [-0.39, 0.29) is 0 Å². The SMILES string of the molecule is CC(C)c1cnn2c1OCCCC2. The highest BCUT2D eigenvalue weighted by molar-refractivity contribution is 5.27. The molecule has 0 N–H and O–H groups in total. The summed E-state index contributed by atoms with van der Waals surface area (Å²) >= 11 is 0. The molecule has 2 heterocycles. The summed E-state index contributed by atoms with van der Waals surface area (Å²) in [4.78, 5) is 0. The highest BCUT2D eigenvalue weighted by Gasteiger charge is 2.16. The molecule has 1 aromatic heterocycles. The highest BCUT2D eigenvalue weighted by atomic mass is 16.5. The Labute approximate surface area is 78.7 Å². The largest absolute Gasteiger partial charge is 0.478 e. The van der Waals surface area contributed by atoms with Gasteiger partial charge in [-0.2, -0.15) is 5.10 Å². The molecule has 1 aromatic rings. The summed E-state index contributed by atoms with van der Waals surface area (Å²) in [5.41, 5.74) is 1.24. The minimum absolute atomic E-state index is 0.502. The molecule has 72 valence electrons. The summed E-state index contributed by atoms with van der Waals surface area (Å²) in [6.45, 7) is 6.19. The molecule has 0 spiro atoms. The van der Waals surface area contributed by atoms with Gasteiger partial charge in [0, 0.05) is 12.1 Å². The van der Waals surface area contributed by atoms with Crippen molar-refractivity contribution in [2.24, 2.45) is 0 Å². The number of fused-ring (bicyclic) bond motifs is 1. The molecule has 0 atom stereocenters. The van der Waals surface area contributed by atoms with Crippen molar-refractivity contribution in [1.82, 2.24) is 9.78 Å². The van der Waals surface area contributed by atoms with Gasteiger partial charge in [0.15, 0.2) is 0 Å². The molecule has 0 saturated heterocycles. The Balaban J connectivity index is 2.34. The number of aromatic nitrogens is 2. The monoisotopic (exact) mass is 180 g/mol. The van der Waals surface area contributed by atoms with E-state index >= 15 is 0 Å². The standard InChI is InChI=1S/C10H16N2O/c1-8(2)9-7-11-12-5-3-4-6-13-10(9)12/h7-8H,3-6H2,1-2H3. The van der Waals surface area contributed by atoms with Gasteiger partial charge in [-0.3, -0.25) is 0 Å².